The van der Waals surface area contributed by atoms with E-state index in [1.807, 2.05) is 24.3 Å². The van der Waals surface area contributed by atoms with Crippen molar-refractivity contribution in [2.45, 2.75) is 26.9 Å². The minimum absolute atomic E-state index is 0.447. The summed E-state index contributed by atoms with van der Waals surface area (Å²) in [5.74, 6) is 1.14. The van der Waals surface area contributed by atoms with E-state index in [9.17, 15) is 0 Å². The molecule has 0 amide bonds. The molecule has 1 aromatic heterocycles. The number of hydrogen-bond donors (Lipinski definition) is 0. The van der Waals surface area contributed by atoms with E-state index in [0.29, 0.717) is 23.5 Å². The zero-order chi connectivity index (χ0) is 15.4. The van der Waals surface area contributed by atoms with Crippen molar-refractivity contribution in [2.24, 2.45) is 5.92 Å². The van der Waals surface area contributed by atoms with Gasteiger partial charge in [-0.15, -0.1) is 0 Å². The molecular formula is C16H18BrClN2O. The highest BCUT2D eigenvalue weighted by Crippen LogP contribution is 2.29. The van der Waals surface area contributed by atoms with Crippen molar-refractivity contribution in [2.75, 3.05) is 7.11 Å². The second-order valence-electron chi connectivity index (χ2n) is 5.29. The van der Waals surface area contributed by atoms with Crippen molar-refractivity contribution in [1.29, 1.82) is 0 Å². The normalized spacial score (nSPS) is 11.1. The molecule has 1 heterocycles. The lowest BCUT2D eigenvalue weighted by Crippen LogP contribution is -2.04. The summed E-state index contributed by atoms with van der Waals surface area (Å²) in [6.07, 6.45) is 0.849. The first kappa shape index (κ1) is 16.4. The number of hydrogen-bond acceptors (Lipinski definition) is 3. The number of methoxy groups -OCH3 is 1. The molecule has 0 saturated heterocycles. The fourth-order valence-corrected chi connectivity index (χ4v) is 2.65. The van der Waals surface area contributed by atoms with Crippen LogP contribution in [0.3, 0.4) is 0 Å². The molecular weight excluding hydrogens is 352 g/mol. The van der Waals surface area contributed by atoms with Crippen molar-refractivity contribution in [1.82, 2.24) is 9.97 Å². The number of aromatic nitrogens is 2. The summed E-state index contributed by atoms with van der Waals surface area (Å²) in [6, 6.07) is 7.95. The molecule has 112 valence electrons. The SMILES string of the molecule is COCc1ccccc1-c1nc(Cl)c(Br)c(CC(C)C)n1. The molecule has 0 bridgehead atoms. The summed E-state index contributed by atoms with van der Waals surface area (Å²) in [4.78, 5) is 9.09. The molecule has 0 saturated carbocycles. The monoisotopic (exact) mass is 368 g/mol. The standard InChI is InChI=1S/C16H18BrClN2O/c1-10(2)8-13-14(17)15(18)20-16(19-13)12-7-5-4-6-11(12)9-21-3/h4-7,10H,8-9H2,1-3H3. The Morgan fingerprint density at radius 1 is 1.24 bits per heavy atom. The van der Waals surface area contributed by atoms with Crippen LogP contribution >= 0.6 is 27.5 Å². The van der Waals surface area contributed by atoms with Crippen LogP contribution in [0.2, 0.25) is 5.15 Å². The average molecular weight is 370 g/mol. The van der Waals surface area contributed by atoms with E-state index in [0.717, 1.165) is 27.7 Å². The van der Waals surface area contributed by atoms with Gasteiger partial charge in [0.2, 0.25) is 0 Å². The summed E-state index contributed by atoms with van der Waals surface area (Å²) < 4.78 is 6.02. The van der Waals surface area contributed by atoms with Gasteiger partial charge in [0.25, 0.3) is 0 Å². The quantitative estimate of drug-likeness (QED) is 0.703. The Balaban J connectivity index is 2.52. The third kappa shape index (κ3) is 4.02. The summed E-state index contributed by atoms with van der Waals surface area (Å²) >= 11 is 9.74. The molecule has 0 radical (unpaired) electrons. The van der Waals surface area contributed by atoms with Crippen molar-refractivity contribution in [3.63, 3.8) is 0 Å². The van der Waals surface area contributed by atoms with Crippen molar-refractivity contribution >= 4 is 27.5 Å². The first-order valence-electron chi connectivity index (χ1n) is 6.82. The van der Waals surface area contributed by atoms with Gasteiger partial charge in [0.1, 0.15) is 5.15 Å². The van der Waals surface area contributed by atoms with Crippen LogP contribution < -0.4 is 0 Å². The van der Waals surface area contributed by atoms with Crippen LogP contribution in [0.5, 0.6) is 0 Å². The van der Waals surface area contributed by atoms with Crippen LogP contribution in [0.1, 0.15) is 25.1 Å². The average Bonchev–Trinajstić information content (AvgIpc) is 2.44. The molecule has 0 unspecified atom stereocenters. The molecule has 0 atom stereocenters. The Morgan fingerprint density at radius 3 is 2.62 bits per heavy atom. The molecule has 0 fully saturated rings. The van der Waals surface area contributed by atoms with Gasteiger partial charge in [-0.25, -0.2) is 9.97 Å². The Morgan fingerprint density at radius 2 is 1.95 bits per heavy atom. The van der Waals surface area contributed by atoms with Gasteiger partial charge >= 0.3 is 0 Å². The highest BCUT2D eigenvalue weighted by molar-refractivity contribution is 9.10. The number of ether oxygens (including phenoxy) is 1. The molecule has 0 aliphatic carbocycles. The maximum absolute atomic E-state index is 6.25. The third-order valence-corrected chi connectivity index (χ3v) is 4.37. The second-order valence-corrected chi connectivity index (χ2v) is 6.44. The van der Waals surface area contributed by atoms with Gasteiger partial charge in [-0.1, -0.05) is 49.7 Å². The maximum Gasteiger partial charge on any atom is 0.161 e. The van der Waals surface area contributed by atoms with Gasteiger partial charge < -0.3 is 4.74 Å². The number of nitrogens with zero attached hydrogens (tertiary/aromatic N) is 2. The predicted octanol–water partition coefficient (Wildman–Crippen LogP) is 4.90. The smallest absolute Gasteiger partial charge is 0.161 e. The van der Waals surface area contributed by atoms with Crippen molar-refractivity contribution < 1.29 is 4.74 Å². The zero-order valence-corrected chi connectivity index (χ0v) is 14.7. The van der Waals surface area contributed by atoms with Crippen LogP contribution in [0, 0.1) is 5.92 Å². The summed E-state index contributed by atoms with van der Waals surface area (Å²) in [6.45, 7) is 4.83. The fourth-order valence-electron chi connectivity index (χ4n) is 2.13. The molecule has 0 aliphatic heterocycles. The van der Waals surface area contributed by atoms with Gasteiger partial charge in [0.15, 0.2) is 5.82 Å². The molecule has 2 rings (SSSR count). The van der Waals surface area contributed by atoms with E-state index in [1.54, 1.807) is 7.11 Å². The molecule has 0 N–H and O–H groups in total. The number of rotatable bonds is 5. The largest absolute Gasteiger partial charge is 0.380 e. The van der Waals surface area contributed by atoms with Gasteiger partial charge in [-0.2, -0.15) is 0 Å². The van der Waals surface area contributed by atoms with Gasteiger partial charge in [-0.3, -0.25) is 0 Å². The Bertz CT molecular complexity index is 632. The van der Waals surface area contributed by atoms with Crippen LogP contribution in [0.15, 0.2) is 28.7 Å². The van der Waals surface area contributed by atoms with Crippen LogP contribution in [0.4, 0.5) is 0 Å². The third-order valence-electron chi connectivity index (χ3n) is 3.04. The minimum Gasteiger partial charge on any atom is -0.380 e. The first-order valence-corrected chi connectivity index (χ1v) is 7.99. The number of benzene rings is 1. The van der Waals surface area contributed by atoms with Crippen LogP contribution in [0.25, 0.3) is 11.4 Å². The predicted molar refractivity (Wildman–Crippen MR) is 89.4 cm³/mol. The second kappa shape index (κ2) is 7.34. The Labute approximate surface area is 138 Å². The van der Waals surface area contributed by atoms with Crippen molar-refractivity contribution in [3.8, 4) is 11.4 Å². The van der Waals surface area contributed by atoms with E-state index < -0.39 is 0 Å². The molecule has 3 nitrogen and oxygen atoms in total. The van der Waals surface area contributed by atoms with Gasteiger partial charge in [-0.05, 0) is 33.8 Å². The molecule has 21 heavy (non-hydrogen) atoms. The van der Waals surface area contributed by atoms with E-state index >= 15 is 0 Å². The van der Waals surface area contributed by atoms with E-state index in [-0.39, 0.29) is 0 Å². The molecule has 5 heteroatoms. The first-order chi connectivity index (χ1) is 10.0. The highest BCUT2D eigenvalue weighted by atomic mass is 79.9. The van der Waals surface area contributed by atoms with E-state index in [2.05, 4.69) is 39.7 Å². The van der Waals surface area contributed by atoms with Gasteiger partial charge in [0, 0.05) is 12.7 Å². The highest BCUT2D eigenvalue weighted by Gasteiger charge is 2.15. The van der Waals surface area contributed by atoms with Crippen LogP contribution in [-0.2, 0) is 17.8 Å². The molecule has 0 aliphatic rings. The molecule has 1 aromatic carbocycles. The minimum atomic E-state index is 0.447. The Kier molecular flexibility index (Phi) is 5.73. The van der Waals surface area contributed by atoms with Crippen LogP contribution in [-0.4, -0.2) is 17.1 Å². The maximum atomic E-state index is 6.25. The van der Waals surface area contributed by atoms with E-state index in [1.165, 1.54) is 0 Å². The molecule has 0 spiro atoms. The summed E-state index contributed by atoms with van der Waals surface area (Å²) in [7, 11) is 1.68. The summed E-state index contributed by atoms with van der Waals surface area (Å²) in [5.41, 5.74) is 2.94. The fraction of sp³-hybridized carbons (Fsp3) is 0.375. The Hall–Kier alpha value is -0.970. The van der Waals surface area contributed by atoms with Crippen molar-refractivity contribution in [3.05, 3.63) is 45.1 Å². The number of halogens is 2. The zero-order valence-electron chi connectivity index (χ0n) is 12.4. The molecule has 2 aromatic rings. The lowest BCUT2D eigenvalue weighted by molar-refractivity contribution is 0.185. The lowest BCUT2D eigenvalue weighted by Gasteiger charge is -2.12. The lowest BCUT2D eigenvalue weighted by atomic mass is 10.1. The van der Waals surface area contributed by atoms with Gasteiger partial charge in [0.05, 0.1) is 16.8 Å². The van der Waals surface area contributed by atoms with E-state index in [4.69, 9.17) is 16.3 Å². The topological polar surface area (TPSA) is 35.0 Å². The summed E-state index contributed by atoms with van der Waals surface area (Å²) in [5, 5.41) is 0.447.